The first-order valence-corrected chi connectivity index (χ1v) is 6.40. The first-order chi connectivity index (χ1) is 8.11. The summed E-state index contributed by atoms with van der Waals surface area (Å²) in [4.78, 5) is 0. The predicted molar refractivity (Wildman–Crippen MR) is 68.5 cm³/mol. The molecule has 3 heteroatoms. The van der Waals surface area contributed by atoms with E-state index < -0.39 is 0 Å². The van der Waals surface area contributed by atoms with Gasteiger partial charge in [-0.15, -0.1) is 0 Å². The molecule has 0 amide bonds. The number of nitriles is 1. The van der Waals surface area contributed by atoms with Gasteiger partial charge in [0.15, 0.2) is 0 Å². The lowest BCUT2D eigenvalue weighted by Gasteiger charge is -2.12. The van der Waals surface area contributed by atoms with Gasteiger partial charge < -0.3 is 9.88 Å². The van der Waals surface area contributed by atoms with Crippen molar-refractivity contribution in [3.63, 3.8) is 0 Å². The Morgan fingerprint density at radius 2 is 2.29 bits per heavy atom. The SMILES string of the molecule is Cc1c(CNC2CCC(C)C2)cc(C#N)n1C. The molecule has 0 radical (unpaired) electrons. The van der Waals surface area contributed by atoms with Crippen molar-refractivity contribution in [2.24, 2.45) is 13.0 Å². The lowest BCUT2D eigenvalue weighted by atomic mass is 10.1. The Balaban J connectivity index is 1.98. The quantitative estimate of drug-likeness (QED) is 0.868. The molecule has 0 aliphatic heterocycles. The van der Waals surface area contributed by atoms with Crippen molar-refractivity contribution in [3.05, 3.63) is 23.0 Å². The van der Waals surface area contributed by atoms with Crippen molar-refractivity contribution in [2.45, 2.75) is 45.7 Å². The maximum Gasteiger partial charge on any atom is 0.120 e. The van der Waals surface area contributed by atoms with E-state index >= 15 is 0 Å². The molecular weight excluding hydrogens is 210 g/mol. The summed E-state index contributed by atoms with van der Waals surface area (Å²) >= 11 is 0. The molecule has 1 fully saturated rings. The van der Waals surface area contributed by atoms with E-state index in [9.17, 15) is 0 Å². The van der Waals surface area contributed by atoms with E-state index in [4.69, 9.17) is 5.26 Å². The zero-order valence-electron chi connectivity index (χ0n) is 11.0. The Labute approximate surface area is 103 Å². The van der Waals surface area contributed by atoms with Gasteiger partial charge in [-0.05, 0) is 43.7 Å². The first kappa shape index (κ1) is 12.2. The van der Waals surface area contributed by atoms with Crippen LogP contribution in [-0.2, 0) is 13.6 Å². The van der Waals surface area contributed by atoms with Crippen LogP contribution in [0, 0.1) is 24.2 Å². The summed E-state index contributed by atoms with van der Waals surface area (Å²) in [7, 11) is 1.95. The standard InChI is InChI=1S/C14H21N3/c1-10-4-5-13(6-10)16-9-12-7-14(8-15)17(3)11(12)2/h7,10,13,16H,4-6,9H2,1-3H3. The predicted octanol–water partition coefficient (Wildman–Crippen LogP) is 2.48. The number of hydrogen-bond donors (Lipinski definition) is 1. The minimum atomic E-state index is 0.662. The van der Waals surface area contributed by atoms with Gasteiger partial charge in [-0.3, -0.25) is 0 Å². The molecule has 3 nitrogen and oxygen atoms in total. The van der Waals surface area contributed by atoms with Crippen LogP contribution in [0.1, 0.15) is 43.1 Å². The number of hydrogen-bond acceptors (Lipinski definition) is 2. The van der Waals surface area contributed by atoms with Gasteiger partial charge in [-0.25, -0.2) is 0 Å². The molecule has 1 heterocycles. The van der Waals surface area contributed by atoms with Crippen LogP contribution in [0.25, 0.3) is 0 Å². The third kappa shape index (κ3) is 2.53. The molecule has 0 spiro atoms. The van der Waals surface area contributed by atoms with Crippen LogP contribution in [0.4, 0.5) is 0 Å². The highest BCUT2D eigenvalue weighted by atomic mass is 15.0. The maximum atomic E-state index is 8.98. The topological polar surface area (TPSA) is 40.8 Å². The Hall–Kier alpha value is -1.27. The lowest BCUT2D eigenvalue weighted by molar-refractivity contribution is 0.501. The van der Waals surface area contributed by atoms with Crippen LogP contribution >= 0.6 is 0 Å². The molecule has 0 aromatic carbocycles. The zero-order valence-corrected chi connectivity index (χ0v) is 11.0. The maximum absolute atomic E-state index is 8.98. The Morgan fingerprint density at radius 1 is 1.53 bits per heavy atom. The largest absolute Gasteiger partial charge is 0.340 e. The smallest absolute Gasteiger partial charge is 0.120 e. The Kier molecular flexibility index (Phi) is 3.54. The third-order valence-electron chi connectivity index (χ3n) is 4.03. The van der Waals surface area contributed by atoms with Crippen molar-refractivity contribution in [1.29, 1.82) is 5.26 Å². The van der Waals surface area contributed by atoms with Crippen LogP contribution in [0.2, 0.25) is 0 Å². The highest BCUT2D eigenvalue weighted by Crippen LogP contribution is 2.25. The van der Waals surface area contributed by atoms with Gasteiger partial charge in [0.1, 0.15) is 11.8 Å². The van der Waals surface area contributed by atoms with Crippen molar-refractivity contribution in [3.8, 4) is 6.07 Å². The first-order valence-electron chi connectivity index (χ1n) is 6.40. The van der Waals surface area contributed by atoms with Gasteiger partial charge in [-0.2, -0.15) is 5.26 Å². The third-order valence-corrected chi connectivity index (χ3v) is 4.03. The van der Waals surface area contributed by atoms with Gasteiger partial charge in [0.05, 0.1) is 0 Å². The summed E-state index contributed by atoms with van der Waals surface area (Å²) < 4.78 is 1.97. The van der Waals surface area contributed by atoms with Crippen LogP contribution < -0.4 is 5.32 Å². The molecule has 1 aliphatic rings. The molecule has 2 rings (SSSR count). The molecule has 1 aromatic rings. The molecule has 2 atom stereocenters. The fourth-order valence-corrected chi connectivity index (χ4v) is 2.70. The van der Waals surface area contributed by atoms with E-state index in [0.717, 1.165) is 18.2 Å². The normalized spacial score (nSPS) is 23.9. The molecule has 1 N–H and O–H groups in total. The second-order valence-corrected chi connectivity index (χ2v) is 5.31. The average Bonchev–Trinajstić information content (AvgIpc) is 2.84. The molecule has 0 saturated heterocycles. The van der Waals surface area contributed by atoms with Crippen LogP contribution in [0.15, 0.2) is 6.07 Å². The van der Waals surface area contributed by atoms with Gasteiger partial charge in [0.25, 0.3) is 0 Å². The van der Waals surface area contributed by atoms with E-state index in [0.29, 0.717) is 6.04 Å². The summed E-state index contributed by atoms with van der Waals surface area (Å²) in [5.41, 5.74) is 3.20. The second-order valence-electron chi connectivity index (χ2n) is 5.31. The highest BCUT2D eigenvalue weighted by molar-refractivity contribution is 5.34. The molecule has 1 saturated carbocycles. The molecule has 2 unspecified atom stereocenters. The van der Waals surface area contributed by atoms with Crippen LogP contribution in [0.3, 0.4) is 0 Å². The Bertz CT molecular complexity index is 439. The van der Waals surface area contributed by atoms with E-state index in [1.54, 1.807) is 0 Å². The number of rotatable bonds is 3. The van der Waals surface area contributed by atoms with Crippen LogP contribution in [0.5, 0.6) is 0 Å². The van der Waals surface area contributed by atoms with Crippen molar-refractivity contribution >= 4 is 0 Å². The van der Waals surface area contributed by atoms with Crippen molar-refractivity contribution in [1.82, 2.24) is 9.88 Å². The van der Waals surface area contributed by atoms with E-state index in [-0.39, 0.29) is 0 Å². The molecule has 92 valence electrons. The summed E-state index contributed by atoms with van der Waals surface area (Å²) in [5.74, 6) is 0.860. The summed E-state index contributed by atoms with van der Waals surface area (Å²) in [6, 6.07) is 4.89. The fraction of sp³-hybridized carbons (Fsp3) is 0.643. The van der Waals surface area contributed by atoms with Crippen molar-refractivity contribution in [2.75, 3.05) is 0 Å². The molecule has 17 heavy (non-hydrogen) atoms. The minimum absolute atomic E-state index is 0.662. The van der Waals surface area contributed by atoms with Gasteiger partial charge >= 0.3 is 0 Å². The van der Waals surface area contributed by atoms with E-state index in [1.807, 2.05) is 17.7 Å². The van der Waals surface area contributed by atoms with E-state index in [2.05, 4.69) is 25.2 Å². The second kappa shape index (κ2) is 4.93. The Morgan fingerprint density at radius 3 is 2.82 bits per heavy atom. The monoisotopic (exact) mass is 231 g/mol. The summed E-state index contributed by atoms with van der Waals surface area (Å²) in [6.07, 6.45) is 3.92. The van der Waals surface area contributed by atoms with Gasteiger partial charge in [0, 0.05) is 25.3 Å². The number of aromatic nitrogens is 1. The number of nitrogens with one attached hydrogen (secondary N) is 1. The fourth-order valence-electron chi connectivity index (χ4n) is 2.70. The molecule has 1 aromatic heterocycles. The highest BCUT2D eigenvalue weighted by Gasteiger charge is 2.21. The molecule has 1 aliphatic carbocycles. The molecule has 0 bridgehead atoms. The number of nitrogens with zero attached hydrogens (tertiary/aromatic N) is 2. The average molecular weight is 231 g/mol. The van der Waals surface area contributed by atoms with Gasteiger partial charge in [-0.1, -0.05) is 6.92 Å². The lowest BCUT2D eigenvalue weighted by Crippen LogP contribution is -2.25. The van der Waals surface area contributed by atoms with Gasteiger partial charge in [0.2, 0.25) is 0 Å². The summed E-state index contributed by atoms with van der Waals surface area (Å²) in [5, 5.41) is 12.6. The van der Waals surface area contributed by atoms with Crippen molar-refractivity contribution < 1.29 is 0 Å². The zero-order chi connectivity index (χ0) is 12.4. The van der Waals surface area contributed by atoms with Crippen LogP contribution in [-0.4, -0.2) is 10.6 Å². The summed E-state index contributed by atoms with van der Waals surface area (Å²) in [6.45, 7) is 5.29. The molecular formula is C14H21N3. The van der Waals surface area contributed by atoms with E-state index in [1.165, 1.54) is 30.5 Å². The minimum Gasteiger partial charge on any atom is -0.340 e.